The number of carbonyl (C=O) groups is 2. The van der Waals surface area contributed by atoms with Crippen LogP contribution in [-0.4, -0.2) is 44.7 Å². The Bertz CT molecular complexity index is 1500. The average Bonchev–Trinajstić information content (AvgIpc) is 3.40. The molecule has 0 unspecified atom stereocenters. The minimum atomic E-state index is -0.319. The Hall–Kier alpha value is -4.46. The number of nitrogens with zero attached hydrogens (tertiary/aromatic N) is 4. The van der Waals surface area contributed by atoms with Gasteiger partial charge in [0, 0.05) is 42.7 Å². The molecule has 4 aromatic rings. The number of pyridine rings is 1. The zero-order valence-electron chi connectivity index (χ0n) is 24.9. The number of rotatable bonds is 7. The molecule has 0 aliphatic carbocycles. The van der Waals surface area contributed by atoms with Crippen LogP contribution in [0, 0.1) is 12.8 Å². The predicted molar refractivity (Wildman–Crippen MR) is 167 cm³/mol. The highest BCUT2D eigenvalue weighted by Crippen LogP contribution is 2.27. The number of piperidine rings is 1. The molecule has 1 saturated heterocycles. The molecule has 1 fully saturated rings. The summed E-state index contributed by atoms with van der Waals surface area (Å²) >= 11 is 0. The summed E-state index contributed by atoms with van der Waals surface area (Å²) in [6.07, 6.45) is 6.84. The number of nitrogens with one attached hydrogen (secondary N) is 2. The first-order valence-electron chi connectivity index (χ1n) is 14.7. The summed E-state index contributed by atoms with van der Waals surface area (Å²) < 4.78 is 1.78. The van der Waals surface area contributed by atoms with E-state index >= 15 is 0 Å². The van der Waals surface area contributed by atoms with Crippen LogP contribution in [0.15, 0.2) is 79.1 Å². The third-order valence-corrected chi connectivity index (χ3v) is 7.81. The summed E-state index contributed by atoms with van der Waals surface area (Å²) in [5, 5.41) is 10.7. The minimum absolute atomic E-state index is 0.162. The molecule has 2 aromatic carbocycles. The number of aromatic nitrogens is 3. The second-order valence-electron chi connectivity index (χ2n) is 12.2. The molecule has 8 heteroatoms. The van der Waals surface area contributed by atoms with E-state index in [1.54, 1.807) is 17.1 Å². The van der Waals surface area contributed by atoms with Gasteiger partial charge >= 0.3 is 6.03 Å². The van der Waals surface area contributed by atoms with E-state index in [9.17, 15) is 9.59 Å². The maximum absolute atomic E-state index is 13.0. The monoisotopic (exact) mass is 564 g/mol. The van der Waals surface area contributed by atoms with E-state index in [1.165, 1.54) is 5.56 Å². The van der Waals surface area contributed by atoms with Crippen molar-refractivity contribution in [2.24, 2.45) is 5.92 Å². The van der Waals surface area contributed by atoms with Crippen molar-refractivity contribution in [1.82, 2.24) is 19.7 Å². The van der Waals surface area contributed by atoms with E-state index in [4.69, 9.17) is 5.10 Å². The van der Waals surface area contributed by atoms with Crippen molar-refractivity contribution < 1.29 is 9.59 Å². The topological polar surface area (TPSA) is 92.2 Å². The Morgan fingerprint density at radius 1 is 0.881 bits per heavy atom. The fourth-order valence-electron chi connectivity index (χ4n) is 5.23. The van der Waals surface area contributed by atoms with Gasteiger partial charge in [-0.25, -0.2) is 9.48 Å². The van der Waals surface area contributed by atoms with Crippen LogP contribution in [0.2, 0.25) is 0 Å². The van der Waals surface area contributed by atoms with E-state index in [1.807, 2.05) is 66.4 Å². The smallest absolute Gasteiger partial charge is 0.324 e. The van der Waals surface area contributed by atoms with Gasteiger partial charge in [0.05, 0.1) is 17.8 Å². The third-order valence-electron chi connectivity index (χ3n) is 7.81. The number of likely N-dealkylation sites (tertiary alicyclic amines) is 1. The molecular formula is C34H40N6O2. The van der Waals surface area contributed by atoms with Gasteiger partial charge in [0.2, 0.25) is 5.91 Å². The van der Waals surface area contributed by atoms with Crippen LogP contribution in [0.3, 0.4) is 0 Å². The quantitative estimate of drug-likeness (QED) is 0.267. The maximum atomic E-state index is 13.0. The van der Waals surface area contributed by atoms with Crippen LogP contribution >= 0.6 is 0 Å². The lowest BCUT2D eigenvalue weighted by atomic mass is 9.90. The number of benzene rings is 2. The minimum Gasteiger partial charge on any atom is -0.342 e. The largest absolute Gasteiger partial charge is 0.342 e. The van der Waals surface area contributed by atoms with Gasteiger partial charge in [-0.05, 0) is 79.6 Å². The number of hydrogen-bond acceptors (Lipinski definition) is 4. The first-order valence-corrected chi connectivity index (χ1v) is 14.7. The zero-order chi connectivity index (χ0) is 29.7. The van der Waals surface area contributed by atoms with E-state index in [2.05, 4.69) is 48.5 Å². The third kappa shape index (κ3) is 7.43. The number of carbonyl (C=O) groups excluding carboxylic acids is 2. The summed E-state index contributed by atoms with van der Waals surface area (Å²) in [4.78, 5) is 31.7. The van der Waals surface area contributed by atoms with Crippen molar-refractivity contribution in [2.45, 2.75) is 58.8 Å². The molecular weight excluding hydrogens is 524 g/mol. The van der Waals surface area contributed by atoms with Gasteiger partial charge in [-0.1, -0.05) is 50.6 Å². The number of aryl methyl sites for hydroxylation is 1. The Morgan fingerprint density at radius 3 is 2.19 bits per heavy atom. The highest BCUT2D eigenvalue weighted by molar-refractivity contribution is 5.99. The first-order chi connectivity index (χ1) is 20.1. The van der Waals surface area contributed by atoms with Crippen molar-refractivity contribution >= 4 is 23.4 Å². The lowest BCUT2D eigenvalue weighted by Crippen LogP contribution is -2.39. The van der Waals surface area contributed by atoms with Crippen molar-refractivity contribution in [2.75, 3.05) is 23.7 Å². The molecule has 0 radical (unpaired) electrons. The predicted octanol–water partition coefficient (Wildman–Crippen LogP) is 6.54. The summed E-state index contributed by atoms with van der Waals surface area (Å²) in [5.74, 6) is 1.34. The summed E-state index contributed by atoms with van der Waals surface area (Å²) in [6.45, 7) is 9.95. The number of hydrogen-bond donors (Lipinski definition) is 2. The molecule has 2 aromatic heterocycles. The van der Waals surface area contributed by atoms with Crippen molar-refractivity contribution in [3.63, 3.8) is 0 Å². The van der Waals surface area contributed by atoms with Gasteiger partial charge in [-0.2, -0.15) is 5.10 Å². The molecule has 0 atom stereocenters. The first kappa shape index (κ1) is 29.0. The van der Waals surface area contributed by atoms with Crippen LogP contribution in [0.25, 0.3) is 5.69 Å². The Morgan fingerprint density at radius 2 is 1.55 bits per heavy atom. The molecule has 0 bridgehead atoms. The molecule has 1 aliphatic heterocycles. The zero-order valence-corrected chi connectivity index (χ0v) is 24.9. The number of urea groups is 1. The molecule has 3 amide bonds. The van der Waals surface area contributed by atoms with E-state index < -0.39 is 0 Å². The van der Waals surface area contributed by atoms with Crippen LogP contribution in [-0.2, 0) is 23.1 Å². The van der Waals surface area contributed by atoms with Gasteiger partial charge < -0.3 is 10.2 Å². The van der Waals surface area contributed by atoms with Crippen LogP contribution in [0.1, 0.15) is 56.0 Å². The fraction of sp³-hybridized carbons (Fsp3) is 0.353. The lowest BCUT2D eigenvalue weighted by molar-refractivity contribution is -0.131. The summed E-state index contributed by atoms with van der Waals surface area (Å²) in [5.41, 5.74) is 5.75. The summed E-state index contributed by atoms with van der Waals surface area (Å²) in [6, 6.07) is 21.5. The van der Waals surface area contributed by atoms with E-state index in [0.29, 0.717) is 18.2 Å². The molecule has 8 nitrogen and oxygen atoms in total. The van der Waals surface area contributed by atoms with E-state index in [-0.39, 0.29) is 17.4 Å². The molecule has 0 spiro atoms. The van der Waals surface area contributed by atoms with Gasteiger partial charge in [-0.15, -0.1) is 0 Å². The molecule has 5 rings (SSSR count). The molecule has 2 N–H and O–H groups in total. The van der Waals surface area contributed by atoms with Crippen molar-refractivity contribution in [3.8, 4) is 5.69 Å². The summed E-state index contributed by atoms with van der Waals surface area (Å²) in [7, 11) is 0. The van der Waals surface area contributed by atoms with Crippen LogP contribution in [0.5, 0.6) is 0 Å². The van der Waals surface area contributed by atoms with Crippen LogP contribution < -0.4 is 10.6 Å². The van der Waals surface area contributed by atoms with Gasteiger partial charge in [0.25, 0.3) is 0 Å². The Labute approximate surface area is 248 Å². The van der Waals surface area contributed by atoms with Gasteiger partial charge in [0.15, 0.2) is 0 Å². The second-order valence-corrected chi connectivity index (χ2v) is 12.2. The van der Waals surface area contributed by atoms with Crippen molar-refractivity contribution in [3.05, 3.63) is 102 Å². The van der Waals surface area contributed by atoms with Gasteiger partial charge in [0.1, 0.15) is 5.82 Å². The molecule has 42 heavy (non-hydrogen) atoms. The van der Waals surface area contributed by atoms with Gasteiger partial charge in [-0.3, -0.25) is 15.1 Å². The SMILES string of the molecule is Cc1ccc(-n2nc(C(C)(C)C)cc2NC(=O)Nc2ccc(CC3CCN(C(=O)Cc4ccncc4)CC3)cc2)cc1. The second kappa shape index (κ2) is 12.6. The average molecular weight is 565 g/mol. The van der Waals surface area contributed by atoms with Crippen molar-refractivity contribution in [1.29, 1.82) is 0 Å². The molecule has 3 heterocycles. The highest BCUT2D eigenvalue weighted by Gasteiger charge is 2.24. The Balaban J connectivity index is 1.14. The number of amides is 3. The van der Waals surface area contributed by atoms with E-state index in [0.717, 1.165) is 60.5 Å². The molecule has 0 saturated carbocycles. The normalized spacial score (nSPS) is 14.0. The van der Waals surface area contributed by atoms with Crippen LogP contribution in [0.4, 0.5) is 16.3 Å². The molecule has 218 valence electrons. The standard InChI is InChI=1S/C34H40N6O2/c1-24-5-11-29(12-6-24)40-31(23-30(38-40)34(2,3)4)37-33(42)36-28-9-7-25(8-10-28)21-27-15-19-39(20-16-27)32(41)22-26-13-17-35-18-14-26/h5-14,17-18,23,27H,15-16,19-22H2,1-4H3,(H2,36,37,42). The molecule has 1 aliphatic rings. The highest BCUT2D eigenvalue weighted by atomic mass is 16.2. The Kier molecular flexibility index (Phi) is 8.71. The lowest BCUT2D eigenvalue weighted by Gasteiger charge is -2.32. The fourth-order valence-corrected chi connectivity index (χ4v) is 5.23. The maximum Gasteiger partial charge on any atom is 0.324 e. The number of anilines is 2.